The van der Waals surface area contributed by atoms with Gasteiger partial charge in [0.25, 0.3) is 5.91 Å². The Morgan fingerprint density at radius 2 is 1.61 bits per heavy atom. The number of nitriles is 1. The van der Waals surface area contributed by atoms with Gasteiger partial charge in [-0.1, -0.05) is 60.6 Å². The molecule has 4 aromatic carbocycles. The molecule has 0 saturated heterocycles. The maximum absolute atomic E-state index is 13.6. The number of nitrogens with zero attached hydrogens (tertiary/aromatic N) is 2. The van der Waals surface area contributed by atoms with Gasteiger partial charge in [-0.3, -0.25) is 19.2 Å². The molecule has 0 fully saturated rings. The number of aliphatic hydroxyl groups is 1. The smallest absolute Gasteiger partial charge is 0.278 e. The van der Waals surface area contributed by atoms with E-state index in [0.717, 1.165) is 0 Å². The number of anilines is 3. The molecule has 1 unspecified atom stereocenters. The molecule has 1 aromatic heterocycles. The maximum Gasteiger partial charge on any atom is 0.278 e. The van der Waals surface area contributed by atoms with Crippen LogP contribution in [-0.4, -0.2) is 33.8 Å². The number of hydrogen-bond donors (Lipinski definition) is 4. The third kappa shape index (κ3) is 6.67. The molecule has 0 aliphatic heterocycles. The van der Waals surface area contributed by atoms with Crippen LogP contribution in [0.25, 0.3) is 22.1 Å². The van der Waals surface area contributed by atoms with Gasteiger partial charge in [-0.25, -0.2) is 0 Å². The van der Waals surface area contributed by atoms with Crippen molar-refractivity contribution in [3.8, 4) is 17.2 Å². The summed E-state index contributed by atoms with van der Waals surface area (Å²) in [7, 11) is 0. The first-order valence-corrected chi connectivity index (χ1v) is 14.4. The fourth-order valence-electron chi connectivity index (χ4n) is 4.97. The molecular weight excluding hydrogens is 586 g/mol. The van der Waals surface area contributed by atoms with Gasteiger partial charge in [0.15, 0.2) is 17.1 Å². The Bertz CT molecular complexity index is 2010. The van der Waals surface area contributed by atoms with E-state index in [2.05, 4.69) is 21.1 Å². The van der Waals surface area contributed by atoms with Crippen molar-refractivity contribution in [3.63, 3.8) is 0 Å². The normalized spacial score (nSPS) is 11.3. The third-order valence-corrected chi connectivity index (χ3v) is 7.13. The van der Waals surface area contributed by atoms with E-state index < -0.39 is 17.8 Å². The number of aromatic nitrogens is 1. The summed E-state index contributed by atoms with van der Waals surface area (Å²) in [6, 6.07) is 24.6. The number of ketones is 1. The van der Waals surface area contributed by atoms with Crippen LogP contribution in [-0.2, 0) is 9.59 Å². The molecule has 0 aliphatic carbocycles. The molecular formula is C35H29N5O6. The zero-order valence-corrected chi connectivity index (χ0v) is 25.0. The summed E-state index contributed by atoms with van der Waals surface area (Å²) < 4.78 is 5.55. The first-order chi connectivity index (χ1) is 22.2. The molecule has 0 saturated carbocycles. The minimum Gasteiger partial charge on any atom is -0.380 e. The number of hydrogen-bond acceptors (Lipinski definition) is 8. The second-order valence-corrected chi connectivity index (χ2v) is 10.5. The first-order valence-electron chi connectivity index (χ1n) is 14.4. The van der Waals surface area contributed by atoms with Gasteiger partial charge in [0.2, 0.25) is 11.8 Å². The van der Waals surface area contributed by atoms with E-state index in [-0.39, 0.29) is 51.7 Å². The predicted molar refractivity (Wildman–Crippen MR) is 172 cm³/mol. The Morgan fingerprint density at radius 3 is 2.33 bits per heavy atom. The van der Waals surface area contributed by atoms with Gasteiger partial charge in [-0.05, 0) is 48.4 Å². The number of fused-ring (bicyclic) bond motifs is 1. The zero-order chi connectivity index (χ0) is 32.8. The largest absolute Gasteiger partial charge is 0.380 e. The van der Waals surface area contributed by atoms with Crippen molar-refractivity contribution < 1.29 is 28.8 Å². The lowest BCUT2D eigenvalue weighted by Crippen LogP contribution is -2.19. The number of nitrogens with one attached hydrogen (secondary N) is 3. The van der Waals surface area contributed by atoms with Crippen molar-refractivity contribution in [3.05, 3.63) is 107 Å². The maximum atomic E-state index is 13.6. The molecule has 0 radical (unpaired) electrons. The summed E-state index contributed by atoms with van der Waals surface area (Å²) in [6.45, 7) is 3.26. The first kappa shape index (κ1) is 31.3. The molecule has 11 heteroatoms. The van der Waals surface area contributed by atoms with Crippen molar-refractivity contribution in [1.82, 2.24) is 5.16 Å². The van der Waals surface area contributed by atoms with Gasteiger partial charge in [-0.2, -0.15) is 5.26 Å². The van der Waals surface area contributed by atoms with E-state index in [9.17, 15) is 29.5 Å². The summed E-state index contributed by atoms with van der Waals surface area (Å²) in [4.78, 5) is 51.6. The fourth-order valence-corrected chi connectivity index (χ4v) is 4.97. The Labute approximate surface area is 263 Å². The summed E-state index contributed by atoms with van der Waals surface area (Å²) in [5.74, 6) is -1.98. The predicted octanol–water partition coefficient (Wildman–Crippen LogP) is 6.23. The number of para-hydroxylation sites is 1. The van der Waals surface area contributed by atoms with Crippen LogP contribution in [0.5, 0.6) is 0 Å². The Balaban J connectivity index is 1.55. The number of amides is 3. The molecule has 5 rings (SSSR count). The minimum absolute atomic E-state index is 0.0532. The molecule has 0 bridgehead atoms. The van der Waals surface area contributed by atoms with Gasteiger partial charge in [-0.15, -0.1) is 0 Å². The fraction of sp³-hybridized carbons (Fsp3) is 0.143. The van der Waals surface area contributed by atoms with E-state index in [0.29, 0.717) is 34.5 Å². The Morgan fingerprint density at radius 1 is 0.870 bits per heavy atom. The molecule has 4 N–H and O–H groups in total. The lowest BCUT2D eigenvalue weighted by Gasteiger charge is -2.15. The van der Waals surface area contributed by atoms with E-state index in [1.165, 1.54) is 25.1 Å². The Kier molecular flexibility index (Phi) is 9.31. The highest BCUT2D eigenvalue weighted by Gasteiger charge is 2.26. The highest BCUT2D eigenvalue weighted by atomic mass is 16.5. The summed E-state index contributed by atoms with van der Waals surface area (Å²) in [5, 5.41) is 32.8. The number of rotatable bonds is 10. The van der Waals surface area contributed by atoms with E-state index in [1.54, 1.807) is 66.7 Å². The van der Waals surface area contributed by atoms with Gasteiger partial charge >= 0.3 is 0 Å². The van der Waals surface area contributed by atoms with Crippen LogP contribution in [0.1, 0.15) is 64.8 Å². The van der Waals surface area contributed by atoms with Crippen LogP contribution in [0.4, 0.5) is 17.1 Å². The lowest BCUT2D eigenvalue weighted by atomic mass is 9.97. The number of carbonyl (C=O) groups is 4. The molecule has 3 amide bonds. The van der Waals surface area contributed by atoms with Crippen molar-refractivity contribution in [2.75, 3.05) is 16.0 Å². The average molecular weight is 616 g/mol. The van der Waals surface area contributed by atoms with Crippen molar-refractivity contribution in [2.24, 2.45) is 0 Å². The van der Waals surface area contributed by atoms with Crippen LogP contribution in [0.2, 0.25) is 0 Å². The van der Waals surface area contributed by atoms with Crippen molar-refractivity contribution >= 4 is 51.5 Å². The SMILES string of the molecule is CCCC(=O)Nc1cc2c(C(=O)Nc3ccc(C#N)cc3C(=O)C(O)c3ccccc3)noc2cc1-c1ccccc1NC(C)=O. The Hall–Kier alpha value is -6.12. The van der Waals surface area contributed by atoms with E-state index in [4.69, 9.17) is 4.52 Å². The van der Waals surface area contributed by atoms with Crippen LogP contribution in [0.3, 0.4) is 0 Å². The van der Waals surface area contributed by atoms with Crippen LogP contribution in [0, 0.1) is 11.3 Å². The van der Waals surface area contributed by atoms with Gasteiger partial charge < -0.3 is 25.6 Å². The average Bonchev–Trinajstić information content (AvgIpc) is 3.47. The standard InChI is InChI=1S/C35H29N5O6/c1-3-9-31(42)38-29-17-26-30(18-24(29)23-12-7-8-13-27(23)37-20(2)41)46-40-32(26)35(45)39-28-15-14-21(19-36)16-25(28)34(44)33(43)22-10-5-4-6-11-22/h4-8,10-18,33,43H,3,9H2,1-2H3,(H,37,41)(H,38,42)(H,39,45). The summed E-state index contributed by atoms with van der Waals surface area (Å²) in [6.07, 6.45) is -0.671. The quantitative estimate of drug-likeness (QED) is 0.134. The van der Waals surface area contributed by atoms with Crippen LogP contribution in [0.15, 0.2) is 89.5 Å². The minimum atomic E-state index is -1.54. The lowest BCUT2D eigenvalue weighted by molar-refractivity contribution is -0.116. The molecule has 0 spiro atoms. The van der Waals surface area contributed by atoms with Gasteiger partial charge in [0.1, 0.15) is 6.10 Å². The highest BCUT2D eigenvalue weighted by Crippen LogP contribution is 2.38. The number of carbonyl (C=O) groups excluding carboxylic acids is 4. The van der Waals surface area contributed by atoms with Crippen molar-refractivity contribution in [2.45, 2.75) is 32.8 Å². The van der Waals surface area contributed by atoms with Gasteiger partial charge in [0, 0.05) is 41.4 Å². The summed E-state index contributed by atoms with van der Waals surface area (Å²) >= 11 is 0. The molecule has 11 nitrogen and oxygen atoms in total. The second kappa shape index (κ2) is 13.7. The molecule has 1 heterocycles. The number of Topliss-reactive ketones (excluding diaryl/α,β-unsaturated/α-hetero) is 1. The zero-order valence-electron chi connectivity index (χ0n) is 25.0. The molecule has 230 valence electrons. The molecule has 46 heavy (non-hydrogen) atoms. The highest BCUT2D eigenvalue weighted by molar-refractivity contribution is 6.15. The molecule has 1 atom stereocenters. The molecule has 0 aliphatic rings. The van der Waals surface area contributed by atoms with Crippen molar-refractivity contribution in [1.29, 1.82) is 5.26 Å². The number of benzene rings is 4. The second-order valence-electron chi connectivity index (χ2n) is 10.5. The number of aliphatic hydroxyl groups excluding tert-OH is 1. The van der Waals surface area contributed by atoms with Crippen LogP contribution >= 0.6 is 0 Å². The van der Waals surface area contributed by atoms with Crippen LogP contribution < -0.4 is 16.0 Å². The topological polar surface area (TPSA) is 174 Å². The molecule has 5 aromatic rings. The summed E-state index contributed by atoms with van der Waals surface area (Å²) in [5.41, 5.74) is 2.59. The van der Waals surface area contributed by atoms with E-state index in [1.807, 2.05) is 13.0 Å². The third-order valence-electron chi connectivity index (χ3n) is 7.13. The monoisotopic (exact) mass is 615 g/mol. The van der Waals surface area contributed by atoms with E-state index >= 15 is 0 Å². The van der Waals surface area contributed by atoms with Gasteiger partial charge in [0.05, 0.1) is 22.7 Å².